The number of nitrogens with one attached hydrogen (secondary N) is 1. The average Bonchev–Trinajstić information content (AvgIpc) is 2.36. The van der Waals surface area contributed by atoms with Crippen LogP contribution in [0.25, 0.3) is 21.9 Å². The van der Waals surface area contributed by atoms with Crippen LogP contribution < -0.4 is 10.3 Å². The minimum absolute atomic E-state index is 0.0145. The van der Waals surface area contributed by atoms with Crippen molar-refractivity contribution in [2.75, 3.05) is 19.0 Å². The largest absolute Gasteiger partial charge is 0.506 e. The maximum absolute atomic E-state index is 12.3. The van der Waals surface area contributed by atoms with Crippen molar-refractivity contribution in [1.82, 2.24) is 9.97 Å². The average molecular weight is 283 g/mol. The van der Waals surface area contributed by atoms with E-state index in [0.717, 1.165) is 16.9 Å². The van der Waals surface area contributed by atoms with Gasteiger partial charge in [-0.2, -0.15) is 0 Å². The maximum atomic E-state index is 12.3. The number of hydrogen-bond donors (Lipinski definition) is 2. The molecule has 2 heterocycles. The summed E-state index contributed by atoms with van der Waals surface area (Å²) in [7, 11) is 3.80. The number of H-pyrrole nitrogens is 1. The van der Waals surface area contributed by atoms with E-state index in [9.17, 15) is 9.90 Å². The van der Waals surface area contributed by atoms with Crippen molar-refractivity contribution in [1.29, 1.82) is 0 Å². The highest BCUT2D eigenvalue weighted by Crippen LogP contribution is 2.34. The summed E-state index contributed by atoms with van der Waals surface area (Å²) in [6.45, 7) is 3.80. The second-order valence-corrected chi connectivity index (χ2v) is 5.52. The second-order valence-electron chi connectivity index (χ2n) is 5.52. The highest BCUT2D eigenvalue weighted by molar-refractivity contribution is 6.04. The van der Waals surface area contributed by atoms with Crippen molar-refractivity contribution in [2.24, 2.45) is 0 Å². The number of aromatic amines is 1. The molecule has 1 aromatic carbocycles. The Hall–Kier alpha value is -2.56. The topological polar surface area (TPSA) is 69.2 Å². The second kappa shape index (κ2) is 4.48. The molecule has 0 saturated carbocycles. The van der Waals surface area contributed by atoms with E-state index in [1.165, 1.54) is 0 Å². The van der Waals surface area contributed by atoms with E-state index in [1.807, 2.05) is 38.9 Å². The first-order chi connectivity index (χ1) is 9.90. The molecule has 5 heteroatoms. The monoisotopic (exact) mass is 283 g/mol. The fourth-order valence-electron chi connectivity index (χ4n) is 2.77. The molecule has 2 aromatic heterocycles. The predicted molar refractivity (Wildman–Crippen MR) is 85.3 cm³/mol. The number of aromatic hydroxyl groups is 1. The number of rotatable bonds is 1. The van der Waals surface area contributed by atoms with Crippen molar-refractivity contribution in [3.05, 3.63) is 39.7 Å². The molecule has 0 unspecified atom stereocenters. The van der Waals surface area contributed by atoms with Gasteiger partial charge in [-0.15, -0.1) is 0 Å². The van der Waals surface area contributed by atoms with Gasteiger partial charge in [0.1, 0.15) is 16.9 Å². The molecule has 0 aliphatic carbocycles. The van der Waals surface area contributed by atoms with Gasteiger partial charge < -0.3 is 15.0 Å². The molecule has 3 rings (SSSR count). The van der Waals surface area contributed by atoms with E-state index in [4.69, 9.17) is 0 Å². The molecule has 108 valence electrons. The van der Waals surface area contributed by atoms with Crippen LogP contribution in [0, 0.1) is 13.8 Å². The van der Waals surface area contributed by atoms with Crippen LogP contribution >= 0.6 is 0 Å². The molecule has 0 aliphatic heterocycles. The van der Waals surface area contributed by atoms with E-state index in [2.05, 4.69) is 9.97 Å². The lowest BCUT2D eigenvalue weighted by atomic mass is 10.1. The number of hydrogen-bond acceptors (Lipinski definition) is 4. The third-order valence-electron chi connectivity index (χ3n) is 3.66. The summed E-state index contributed by atoms with van der Waals surface area (Å²) in [6.07, 6.45) is 0. The molecule has 5 nitrogen and oxygen atoms in total. The number of aromatic nitrogens is 2. The first-order valence-electron chi connectivity index (χ1n) is 6.73. The Morgan fingerprint density at radius 1 is 1.24 bits per heavy atom. The first-order valence-corrected chi connectivity index (χ1v) is 6.73. The summed E-state index contributed by atoms with van der Waals surface area (Å²) in [5.74, 6) is -0.0145. The molecule has 0 fully saturated rings. The minimum atomic E-state index is -0.208. The van der Waals surface area contributed by atoms with E-state index in [0.29, 0.717) is 16.6 Å². The van der Waals surface area contributed by atoms with Crippen LogP contribution in [0.15, 0.2) is 23.0 Å². The van der Waals surface area contributed by atoms with Crippen LogP contribution in [0.3, 0.4) is 0 Å². The van der Waals surface area contributed by atoms with E-state index < -0.39 is 0 Å². The summed E-state index contributed by atoms with van der Waals surface area (Å²) in [6, 6.07) is 5.17. The smallest absolute Gasteiger partial charge is 0.192 e. The number of pyridine rings is 2. The minimum Gasteiger partial charge on any atom is -0.506 e. The van der Waals surface area contributed by atoms with Crippen LogP contribution in [-0.4, -0.2) is 29.2 Å². The van der Waals surface area contributed by atoms with Gasteiger partial charge in [-0.05, 0) is 37.6 Å². The molecular weight excluding hydrogens is 266 g/mol. The van der Waals surface area contributed by atoms with Crippen molar-refractivity contribution in [3.8, 4) is 5.75 Å². The number of nitrogens with zero attached hydrogens (tertiary/aromatic N) is 2. The quantitative estimate of drug-likeness (QED) is 0.673. The van der Waals surface area contributed by atoms with Crippen molar-refractivity contribution in [3.63, 3.8) is 0 Å². The van der Waals surface area contributed by atoms with Gasteiger partial charge in [-0.25, -0.2) is 4.98 Å². The van der Waals surface area contributed by atoms with E-state index in [-0.39, 0.29) is 16.6 Å². The molecule has 2 N–H and O–H groups in total. The number of benzene rings is 1. The van der Waals surface area contributed by atoms with Crippen LogP contribution in [0.1, 0.15) is 11.3 Å². The molecule has 0 aliphatic rings. The first kappa shape index (κ1) is 13.4. The Morgan fingerprint density at radius 2 is 1.95 bits per heavy atom. The number of fused-ring (bicyclic) bond motifs is 2. The van der Waals surface area contributed by atoms with E-state index >= 15 is 0 Å². The highest BCUT2D eigenvalue weighted by Gasteiger charge is 2.17. The van der Waals surface area contributed by atoms with Gasteiger partial charge >= 0.3 is 0 Å². The molecule has 0 saturated heterocycles. The van der Waals surface area contributed by atoms with Gasteiger partial charge in [0.2, 0.25) is 0 Å². The van der Waals surface area contributed by atoms with Gasteiger partial charge in [0.15, 0.2) is 5.43 Å². The normalized spacial score (nSPS) is 11.2. The highest BCUT2D eigenvalue weighted by atomic mass is 16.3. The van der Waals surface area contributed by atoms with E-state index in [1.54, 1.807) is 12.1 Å². The van der Waals surface area contributed by atoms with Gasteiger partial charge in [-0.1, -0.05) is 0 Å². The van der Waals surface area contributed by atoms with Gasteiger partial charge in [0, 0.05) is 19.8 Å². The van der Waals surface area contributed by atoms with Crippen molar-refractivity contribution < 1.29 is 5.11 Å². The Balaban J connectivity index is 2.62. The Morgan fingerprint density at radius 3 is 2.62 bits per heavy atom. The van der Waals surface area contributed by atoms with Crippen molar-refractivity contribution >= 4 is 27.6 Å². The standard InChI is InChI=1S/C16H17N3O2/c1-8-7-11(20)12-13(14(8)19(3)4)18-16-10(15(12)21)6-5-9(2)17-16/h5-7,21H,1-4H3,(H,17,18). The summed E-state index contributed by atoms with van der Waals surface area (Å²) in [5.41, 5.74) is 3.52. The lowest BCUT2D eigenvalue weighted by molar-refractivity contribution is 0.487. The van der Waals surface area contributed by atoms with Crippen LogP contribution in [0.2, 0.25) is 0 Å². The lowest BCUT2D eigenvalue weighted by Gasteiger charge is -2.18. The molecule has 3 aromatic rings. The van der Waals surface area contributed by atoms with Crippen LogP contribution in [0.4, 0.5) is 5.69 Å². The zero-order valence-electron chi connectivity index (χ0n) is 12.5. The lowest BCUT2D eigenvalue weighted by Crippen LogP contribution is -2.15. The number of aryl methyl sites for hydroxylation is 2. The maximum Gasteiger partial charge on any atom is 0.192 e. The Kier molecular flexibility index (Phi) is 2.86. The van der Waals surface area contributed by atoms with Gasteiger partial charge in [0.25, 0.3) is 0 Å². The third-order valence-corrected chi connectivity index (χ3v) is 3.66. The Bertz CT molecular complexity index is 926. The Labute approximate surface area is 121 Å². The summed E-state index contributed by atoms with van der Waals surface area (Å²) in [5, 5.41) is 11.3. The molecular formula is C16H17N3O2. The zero-order chi connectivity index (χ0) is 15.3. The van der Waals surface area contributed by atoms with Gasteiger partial charge in [0.05, 0.1) is 16.5 Å². The fourth-order valence-corrected chi connectivity index (χ4v) is 2.77. The number of anilines is 1. The SMILES string of the molecule is Cc1ccc2c(O)c3c(=O)cc(C)c(N(C)C)c3nc2[nH]1. The van der Waals surface area contributed by atoms with Crippen LogP contribution in [0.5, 0.6) is 5.75 Å². The molecule has 0 amide bonds. The summed E-state index contributed by atoms with van der Waals surface area (Å²) >= 11 is 0. The molecule has 0 atom stereocenters. The fraction of sp³-hybridized carbons (Fsp3) is 0.250. The molecule has 21 heavy (non-hydrogen) atoms. The van der Waals surface area contributed by atoms with Crippen molar-refractivity contribution in [2.45, 2.75) is 13.8 Å². The predicted octanol–water partition coefficient (Wildman–Crippen LogP) is 2.46. The molecule has 0 radical (unpaired) electrons. The molecule has 0 spiro atoms. The third kappa shape index (κ3) is 1.93. The summed E-state index contributed by atoms with van der Waals surface area (Å²) < 4.78 is 0. The molecule has 0 bridgehead atoms. The summed E-state index contributed by atoms with van der Waals surface area (Å²) in [4.78, 5) is 21.9. The van der Waals surface area contributed by atoms with Crippen LogP contribution in [-0.2, 0) is 0 Å². The van der Waals surface area contributed by atoms with Gasteiger partial charge in [-0.3, -0.25) is 4.79 Å². The zero-order valence-corrected chi connectivity index (χ0v) is 12.5.